The third-order valence-corrected chi connectivity index (χ3v) is 5.44. The predicted molar refractivity (Wildman–Crippen MR) is 107 cm³/mol. The van der Waals surface area contributed by atoms with Crippen LogP contribution >= 0.6 is 23.1 Å². The number of hydrogen-bond donors (Lipinski definition) is 3. The molecule has 0 saturated heterocycles. The van der Waals surface area contributed by atoms with Gasteiger partial charge in [-0.05, 0) is 12.5 Å². The van der Waals surface area contributed by atoms with Gasteiger partial charge in [0, 0.05) is 17.5 Å². The third kappa shape index (κ3) is 4.12. The molecule has 140 valence electrons. The van der Waals surface area contributed by atoms with Gasteiger partial charge in [-0.3, -0.25) is 14.9 Å². The number of hydrogen-bond acceptors (Lipinski definition) is 7. The van der Waals surface area contributed by atoms with Crippen LogP contribution < -0.4 is 22.0 Å². The van der Waals surface area contributed by atoms with Crippen LogP contribution in [0.4, 0.5) is 4.79 Å². The van der Waals surface area contributed by atoms with Crippen LogP contribution in [0, 0.1) is 0 Å². The van der Waals surface area contributed by atoms with Crippen molar-refractivity contribution < 1.29 is 9.59 Å². The van der Waals surface area contributed by atoms with Crippen molar-refractivity contribution in [2.45, 2.75) is 12.1 Å². The summed E-state index contributed by atoms with van der Waals surface area (Å²) in [5, 5.41) is 7.17. The minimum absolute atomic E-state index is 0.0940. The standard InChI is InChI=1S/C17H17N5O3S2/c1-2-19-16(25)20-12(23)9-27-17-21-14-13(15(24)22(17)18)11(8-26-14)10-6-4-3-5-7-10/h3-8H,2,9,18H2,1H3,(H2,19,20,23,25). The first-order chi connectivity index (χ1) is 13.0. The number of nitrogen functional groups attached to an aromatic ring is 1. The number of imide groups is 1. The quantitative estimate of drug-likeness (QED) is 0.339. The van der Waals surface area contributed by atoms with Crippen LogP contribution in [0.1, 0.15) is 6.92 Å². The molecule has 0 aliphatic rings. The van der Waals surface area contributed by atoms with Crippen molar-refractivity contribution in [3.63, 3.8) is 0 Å². The number of benzene rings is 1. The molecule has 1 aromatic carbocycles. The van der Waals surface area contributed by atoms with Crippen LogP contribution in [-0.2, 0) is 4.79 Å². The second kappa shape index (κ2) is 8.23. The number of nitrogens with one attached hydrogen (secondary N) is 2. The summed E-state index contributed by atoms with van der Waals surface area (Å²) in [6.07, 6.45) is 0. The van der Waals surface area contributed by atoms with Crippen LogP contribution in [0.3, 0.4) is 0 Å². The fraction of sp³-hybridized carbons (Fsp3) is 0.176. The number of rotatable bonds is 5. The molecular formula is C17H17N5O3S2. The number of carbonyl (C=O) groups is 2. The van der Waals surface area contributed by atoms with Crippen LogP contribution in [0.5, 0.6) is 0 Å². The SMILES string of the molecule is CCNC(=O)NC(=O)CSc1nc2scc(-c3ccccc3)c2c(=O)n1N. The van der Waals surface area contributed by atoms with E-state index in [2.05, 4.69) is 15.6 Å². The van der Waals surface area contributed by atoms with E-state index in [1.807, 2.05) is 35.7 Å². The predicted octanol–water partition coefficient (Wildman–Crippen LogP) is 1.78. The minimum atomic E-state index is -0.567. The Kier molecular flexibility index (Phi) is 5.77. The zero-order chi connectivity index (χ0) is 19.4. The second-order valence-electron chi connectivity index (χ2n) is 5.46. The summed E-state index contributed by atoms with van der Waals surface area (Å²) in [6, 6.07) is 8.95. The van der Waals surface area contributed by atoms with Crippen molar-refractivity contribution in [1.82, 2.24) is 20.3 Å². The Morgan fingerprint density at radius 1 is 1.30 bits per heavy atom. The van der Waals surface area contributed by atoms with E-state index in [1.165, 1.54) is 11.3 Å². The van der Waals surface area contributed by atoms with Gasteiger partial charge in [-0.1, -0.05) is 42.1 Å². The lowest BCUT2D eigenvalue weighted by atomic mass is 10.1. The molecule has 27 heavy (non-hydrogen) atoms. The van der Waals surface area contributed by atoms with Crippen molar-refractivity contribution in [2.75, 3.05) is 18.1 Å². The Balaban J connectivity index is 1.85. The van der Waals surface area contributed by atoms with Gasteiger partial charge in [0.1, 0.15) is 4.83 Å². The van der Waals surface area contributed by atoms with Crippen molar-refractivity contribution in [3.8, 4) is 11.1 Å². The van der Waals surface area contributed by atoms with Gasteiger partial charge in [-0.15, -0.1) is 11.3 Å². The van der Waals surface area contributed by atoms with E-state index in [4.69, 9.17) is 5.84 Å². The summed E-state index contributed by atoms with van der Waals surface area (Å²) in [5.41, 5.74) is 1.30. The molecule has 0 unspecified atom stereocenters. The molecule has 10 heteroatoms. The topological polar surface area (TPSA) is 119 Å². The van der Waals surface area contributed by atoms with Crippen LogP contribution in [0.25, 0.3) is 21.3 Å². The van der Waals surface area contributed by atoms with E-state index in [0.717, 1.165) is 27.6 Å². The number of nitrogens with zero attached hydrogens (tertiary/aromatic N) is 2. The zero-order valence-electron chi connectivity index (χ0n) is 14.4. The van der Waals surface area contributed by atoms with Crippen molar-refractivity contribution in [2.24, 2.45) is 0 Å². The average Bonchev–Trinajstić information content (AvgIpc) is 3.08. The highest BCUT2D eigenvalue weighted by Crippen LogP contribution is 2.31. The summed E-state index contributed by atoms with van der Waals surface area (Å²) in [5.74, 6) is 5.31. The molecule has 0 bridgehead atoms. The lowest BCUT2D eigenvalue weighted by Crippen LogP contribution is -2.40. The Hall–Kier alpha value is -2.85. The molecule has 3 aromatic rings. The molecule has 2 aromatic heterocycles. The van der Waals surface area contributed by atoms with Crippen molar-refractivity contribution in [3.05, 3.63) is 46.1 Å². The molecule has 0 aliphatic heterocycles. The van der Waals surface area contributed by atoms with Gasteiger partial charge in [0.05, 0.1) is 11.1 Å². The fourth-order valence-corrected chi connectivity index (χ4v) is 4.12. The van der Waals surface area contributed by atoms with E-state index in [0.29, 0.717) is 16.8 Å². The number of urea groups is 1. The third-order valence-electron chi connectivity index (χ3n) is 3.61. The summed E-state index contributed by atoms with van der Waals surface area (Å²) >= 11 is 2.33. The first-order valence-electron chi connectivity index (χ1n) is 8.06. The van der Waals surface area contributed by atoms with Gasteiger partial charge in [0.25, 0.3) is 5.56 Å². The van der Waals surface area contributed by atoms with Crippen molar-refractivity contribution in [1.29, 1.82) is 0 Å². The molecule has 2 heterocycles. The molecule has 0 aliphatic carbocycles. The number of thiophene rings is 1. The number of fused-ring (bicyclic) bond motifs is 1. The second-order valence-corrected chi connectivity index (χ2v) is 7.26. The van der Waals surface area contributed by atoms with Gasteiger partial charge in [0.2, 0.25) is 5.91 Å². The highest BCUT2D eigenvalue weighted by Gasteiger charge is 2.17. The van der Waals surface area contributed by atoms with E-state index < -0.39 is 11.9 Å². The first-order valence-corrected chi connectivity index (χ1v) is 9.93. The first kappa shape index (κ1) is 18.9. The fourth-order valence-electron chi connectivity index (χ4n) is 2.41. The maximum atomic E-state index is 12.7. The summed E-state index contributed by atoms with van der Waals surface area (Å²) in [7, 11) is 0. The highest BCUT2D eigenvalue weighted by atomic mass is 32.2. The maximum absolute atomic E-state index is 12.7. The normalized spacial score (nSPS) is 10.7. The Morgan fingerprint density at radius 2 is 2.04 bits per heavy atom. The highest BCUT2D eigenvalue weighted by molar-refractivity contribution is 7.99. The van der Waals surface area contributed by atoms with E-state index >= 15 is 0 Å². The van der Waals surface area contributed by atoms with Crippen LogP contribution in [0.15, 0.2) is 45.7 Å². The summed E-state index contributed by atoms with van der Waals surface area (Å²) in [4.78, 5) is 40.9. The molecular weight excluding hydrogens is 386 g/mol. The molecule has 3 amide bonds. The molecule has 4 N–H and O–H groups in total. The molecule has 0 saturated carbocycles. The number of carbonyl (C=O) groups excluding carboxylic acids is 2. The maximum Gasteiger partial charge on any atom is 0.321 e. The average molecular weight is 403 g/mol. The van der Waals surface area contributed by atoms with Gasteiger partial charge >= 0.3 is 6.03 Å². The van der Waals surface area contributed by atoms with Gasteiger partial charge in [0.15, 0.2) is 5.16 Å². The molecule has 8 nitrogen and oxygen atoms in total. The number of thioether (sulfide) groups is 1. The summed E-state index contributed by atoms with van der Waals surface area (Å²) in [6.45, 7) is 2.16. The van der Waals surface area contributed by atoms with Gasteiger partial charge in [-0.25, -0.2) is 14.5 Å². The van der Waals surface area contributed by atoms with Crippen LogP contribution in [0.2, 0.25) is 0 Å². The molecule has 0 atom stereocenters. The lowest BCUT2D eigenvalue weighted by Gasteiger charge is -2.08. The number of amides is 3. The van der Waals surface area contributed by atoms with Gasteiger partial charge in [-0.2, -0.15) is 0 Å². The smallest absolute Gasteiger partial charge is 0.321 e. The van der Waals surface area contributed by atoms with E-state index in [-0.39, 0.29) is 16.5 Å². The monoisotopic (exact) mass is 403 g/mol. The minimum Gasteiger partial charge on any atom is -0.338 e. The Bertz CT molecular complexity index is 1050. The number of nitrogens with two attached hydrogens (primary N) is 1. The lowest BCUT2D eigenvalue weighted by molar-refractivity contribution is -0.117. The van der Waals surface area contributed by atoms with Crippen molar-refractivity contribution >= 4 is 45.3 Å². The Morgan fingerprint density at radius 3 is 2.74 bits per heavy atom. The summed E-state index contributed by atoms with van der Waals surface area (Å²) < 4.78 is 0.936. The van der Waals surface area contributed by atoms with Gasteiger partial charge < -0.3 is 11.2 Å². The number of aromatic nitrogens is 2. The largest absolute Gasteiger partial charge is 0.338 e. The van der Waals surface area contributed by atoms with E-state index in [9.17, 15) is 14.4 Å². The zero-order valence-corrected chi connectivity index (χ0v) is 16.0. The molecule has 3 rings (SSSR count). The molecule has 0 fully saturated rings. The van der Waals surface area contributed by atoms with E-state index in [1.54, 1.807) is 6.92 Å². The van der Waals surface area contributed by atoms with Crippen LogP contribution in [-0.4, -0.2) is 33.9 Å². The Labute approximate surface area is 162 Å². The molecule has 0 spiro atoms. The molecule has 0 radical (unpaired) electrons.